The summed E-state index contributed by atoms with van der Waals surface area (Å²) in [7, 11) is 0. The van der Waals surface area contributed by atoms with Crippen molar-refractivity contribution in [2.45, 2.75) is 19.4 Å². The predicted molar refractivity (Wildman–Crippen MR) is 55.0 cm³/mol. The standard InChI is InChI=1S/C10H14N2O2/c1-2-7(11)10(14)12-8-5-3-4-6-9(8)13/h3-7,13H,2,11H2,1H3,(H,12,14)/t7-/m0/s1. The van der Waals surface area contributed by atoms with Gasteiger partial charge in [-0.25, -0.2) is 0 Å². The molecule has 0 aliphatic carbocycles. The molecule has 14 heavy (non-hydrogen) atoms. The first-order valence-corrected chi connectivity index (χ1v) is 4.49. The zero-order chi connectivity index (χ0) is 10.6. The topological polar surface area (TPSA) is 75.4 Å². The Balaban J connectivity index is 2.70. The molecule has 1 amide bonds. The number of anilines is 1. The van der Waals surface area contributed by atoms with Crippen LogP contribution in [0.15, 0.2) is 24.3 Å². The molecule has 0 saturated heterocycles. The van der Waals surface area contributed by atoms with E-state index in [1.165, 1.54) is 6.07 Å². The fraction of sp³-hybridized carbons (Fsp3) is 0.300. The van der Waals surface area contributed by atoms with E-state index in [0.29, 0.717) is 12.1 Å². The monoisotopic (exact) mass is 194 g/mol. The highest BCUT2D eigenvalue weighted by molar-refractivity contribution is 5.95. The summed E-state index contributed by atoms with van der Waals surface area (Å²) in [4.78, 5) is 11.3. The molecule has 0 radical (unpaired) electrons. The van der Waals surface area contributed by atoms with Crippen molar-refractivity contribution in [3.63, 3.8) is 0 Å². The molecule has 1 aromatic rings. The van der Waals surface area contributed by atoms with E-state index in [0.717, 1.165) is 0 Å². The number of rotatable bonds is 3. The molecule has 1 atom stereocenters. The molecule has 0 unspecified atom stereocenters. The quantitative estimate of drug-likeness (QED) is 0.630. The van der Waals surface area contributed by atoms with Crippen molar-refractivity contribution in [1.29, 1.82) is 0 Å². The highest BCUT2D eigenvalue weighted by atomic mass is 16.3. The van der Waals surface area contributed by atoms with Crippen LogP contribution in [0.4, 0.5) is 5.69 Å². The van der Waals surface area contributed by atoms with E-state index >= 15 is 0 Å². The highest BCUT2D eigenvalue weighted by Gasteiger charge is 2.12. The Bertz CT molecular complexity index is 326. The summed E-state index contributed by atoms with van der Waals surface area (Å²) < 4.78 is 0. The van der Waals surface area contributed by atoms with Crippen LogP contribution in [0.25, 0.3) is 0 Å². The molecule has 0 bridgehead atoms. The number of aromatic hydroxyl groups is 1. The summed E-state index contributed by atoms with van der Waals surface area (Å²) in [6.45, 7) is 1.83. The zero-order valence-electron chi connectivity index (χ0n) is 8.03. The number of carbonyl (C=O) groups excluding carboxylic acids is 1. The van der Waals surface area contributed by atoms with Crippen molar-refractivity contribution in [1.82, 2.24) is 0 Å². The molecule has 76 valence electrons. The molecular weight excluding hydrogens is 180 g/mol. The average Bonchev–Trinajstić information content (AvgIpc) is 2.20. The molecule has 0 spiro atoms. The van der Waals surface area contributed by atoms with Gasteiger partial charge in [-0.2, -0.15) is 0 Å². The summed E-state index contributed by atoms with van der Waals surface area (Å²) in [5.41, 5.74) is 5.91. The molecule has 0 fully saturated rings. The fourth-order valence-electron chi connectivity index (χ4n) is 0.990. The van der Waals surface area contributed by atoms with Crippen LogP contribution >= 0.6 is 0 Å². The summed E-state index contributed by atoms with van der Waals surface area (Å²) >= 11 is 0. The number of carbonyl (C=O) groups is 1. The van der Waals surface area contributed by atoms with Crippen LogP contribution in [-0.2, 0) is 4.79 Å². The second-order valence-corrected chi connectivity index (χ2v) is 3.02. The van der Waals surface area contributed by atoms with Gasteiger partial charge in [-0.1, -0.05) is 19.1 Å². The number of nitrogens with one attached hydrogen (secondary N) is 1. The van der Waals surface area contributed by atoms with Crippen molar-refractivity contribution >= 4 is 11.6 Å². The van der Waals surface area contributed by atoms with Gasteiger partial charge in [-0.05, 0) is 18.6 Å². The van der Waals surface area contributed by atoms with Gasteiger partial charge in [-0.15, -0.1) is 0 Å². The van der Waals surface area contributed by atoms with Crippen LogP contribution in [0.2, 0.25) is 0 Å². The van der Waals surface area contributed by atoms with E-state index in [2.05, 4.69) is 5.32 Å². The summed E-state index contributed by atoms with van der Waals surface area (Å²) in [5, 5.41) is 11.9. The molecule has 1 rings (SSSR count). The lowest BCUT2D eigenvalue weighted by Gasteiger charge is -2.10. The lowest BCUT2D eigenvalue weighted by molar-refractivity contribution is -0.117. The van der Waals surface area contributed by atoms with Gasteiger partial charge in [0.1, 0.15) is 5.75 Å². The van der Waals surface area contributed by atoms with Gasteiger partial charge in [0, 0.05) is 0 Å². The minimum absolute atomic E-state index is 0.0455. The zero-order valence-corrected chi connectivity index (χ0v) is 8.03. The third-order valence-electron chi connectivity index (χ3n) is 1.94. The summed E-state index contributed by atoms with van der Waals surface area (Å²) in [6, 6.07) is 6.01. The van der Waals surface area contributed by atoms with Gasteiger partial charge < -0.3 is 16.2 Å². The van der Waals surface area contributed by atoms with Crippen molar-refractivity contribution in [2.75, 3.05) is 5.32 Å². The minimum atomic E-state index is -0.533. The summed E-state index contributed by atoms with van der Waals surface area (Å²) in [5.74, 6) is -0.238. The Hall–Kier alpha value is -1.55. The van der Waals surface area contributed by atoms with Gasteiger partial charge in [-0.3, -0.25) is 4.79 Å². The number of para-hydroxylation sites is 2. The Kier molecular flexibility index (Phi) is 3.48. The van der Waals surface area contributed by atoms with E-state index in [-0.39, 0.29) is 11.7 Å². The number of phenolic OH excluding ortho intramolecular Hbond substituents is 1. The Morgan fingerprint density at radius 2 is 2.21 bits per heavy atom. The first-order valence-electron chi connectivity index (χ1n) is 4.49. The number of amides is 1. The second-order valence-electron chi connectivity index (χ2n) is 3.02. The third kappa shape index (κ3) is 2.47. The normalized spacial score (nSPS) is 12.1. The third-order valence-corrected chi connectivity index (χ3v) is 1.94. The Morgan fingerprint density at radius 1 is 1.57 bits per heavy atom. The van der Waals surface area contributed by atoms with E-state index in [1.807, 2.05) is 6.92 Å². The minimum Gasteiger partial charge on any atom is -0.506 e. The van der Waals surface area contributed by atoms with Crippen LogP contribution in [0.1, 0.15) is 13.3 Å². The smallest absolute Gasteiger partial charge is 0.241 e. The van der Waals surface area contributed by atoms with Crippen molar-refractivity contribution in [3.8, 4) is 5.75 Å². The molecular formula is C10H14N2O2. The Morgan fingerprint density at radius 3 is 2.79 bits per heavy atom. The van der Waals surface area contributed by atoms with E-state index in [4.69, 9.17) is 5.73 Å². The number of hydrogen-bond donors (Lipinski definition) is 3. The molecule has 0 aromatic heterocycles. The SMILES string of the molecule is CC[C@H](N)C(=O)Nc1ccccc1O. The van der Waals surface area contributed by atoms with Crippen molar-refractivity contribution in [2.24, 2.45) is 5.73 Å². The average molecular weight is 194 g/mol. The van der Waals surface area contributed by atoms with Gasteiger partial charge in [0.2, 0.25) is 5.91 Å². The van der Waals surface area contributed by atoms with Gasteiger partial charge in [0.25, 0.3) is 0 Å². The maximum Gasteiger partial charge on any atom is 0.241 e. The number of benzene rings is 1. The molecule has 0 aliphatic heterocycles. The lowest BCUT2D eigenvalue weighted by atomic mass is 10.2. The Labute approximate surface area is 82.7 Å². The van der Waals surface area contributed by atoms with E-state index in [1.54, 1.807) is 18.2 Å². The molecule has 0 heterocycles. The molecule has 0 saturated carbocycles. The molecule has 4 heteroatoms. The van der Waals surface area contributed by atoms with Gasteiger partial charge in [0.05, 0.1) is 11.7 Å². The van der Waals surface area contributed by atoms with Crippen molar-refractivity contribution < 1.29 is 9.90 Å². The van der Waals surface area contributed by atoms with Crippen LogP contribution in [0.5, 0.6) is 5.75 Å². The lowest BCUT2D eigenvalue weighted by Crippen LogP contribution is -2.34. The highest BCUT2D eigenvalue weighted by Crippen LogP contribution is 2.21. The van der Waals surface area contributed by atoms with Gasteiger partial charge >= 0.3 is 0 Å². The first kappa shape index (κ1) is 10.5. The fourth-order valence-corrected chi connectivity index (χ4v) is 0.990. The number of hydrogen-bond acceptors (Lipinski definition) is 3. The summed E-state index contributed by atoms with van der Waals surface area (Å²) in [6.07, 6.45) is 0.569. The van der Waals surface area contributed by atoms with Crippen LogP contribution in [0.3, 0.4) is 0 Å². The van der Waals surface area contributed by atoms with E-state index in [9.17, 15) is 9.90 Å². The largest absolute Gasteiger partial charge is 0.506 e. The van der Waals surface area contributed by atoms with Crippen LogP contribution in [-0.4, -0.2) is 17.1 Å². The molecule has 4 nitrogen and oxygen atoms in total. The first-order chi connectivity index (χ1) is 6.65. The number of phenols is 1. The predicted octanol–water partition coefficient (Wildman–Crippen LogP) is 1.07. The van der Waals surface area contributed by atoms with E-state index < -0.39 is 6.04 Å². The maximum atomic E-state index is 11.3. The molecule has 1 aromatic carbocycles. The molecule has 0 aliphatic rings. The second kappa shape index (κ2) is 4.62. The van der Waals surface area contributed by atoms with Crippen LogP contribution in [0, 0.1) is 0 Å². The number of nitrogens with two attached hydrogens (primary N) is 1. The van der Waals surface area contributed by atoms with Crippen LogP contribution < -0.4 is 11.1 Å². The van der Waals surface area contributed by atoms with Crippen molar-refractivity contribution in [3.05, 3.63) is 24.3 Å². The van der Waals surface area contributed by atoms with Gasteiger partial charge in [0.15, 0.2) is 0 Å². The molecule has 4 N–H and O–H groups in total. The maximum absolute atomic E-state index is 11.3.